The van der Waals surface area contributed by atoms with E-state index in [2.05, 4.69) is 52.3 Å². The van der Waals surface area contributed by atoms with Crippen LogP contribution in [0.25, 0.3) is 22.7 Å². The largest absolute Gasteiger partial charge is 0.356 e. The van der Waals surface area contributed by atoms with Gasteiger partial charge in [0.15, 0.2) is 0 Å². The molecule has 0 amide bonds. The third-order valence-electron chi connectivity index (χ3n) is 26.6. The van der Waals surface area contributed by atoms with Crippen LogP contribution in [0.5, 0.6) is 0 Å². The van der Waals surface area contributed by atoms with Crippen molar-refractivity contribution in [3.8, 4) is 22.7 Å². The molecule has 0 radical (unpaired) electrons. The highest BCUT2D eigenvalue weighted by Crippen LogP contribution is 2.69. The van der Waals surface area contributed by atoms with Crippen molar-refractivity contribution in [2.45, 2.75) is 157 Å². The van der Waals surface area contributed by atoms with Crippen molar-refractivity contribution in [3.05, 3.63) is 202 Å². The number of aromatic nitrogens is 8. The summed E-state index contributed by atoms with van der Waals surface area (Å²) in [6.45, 7) is 26.6. The summed E-state index contributed by atoms with van der Waals surface area (Å²) in [6, 6.07) is 27.3. The zero-order valence-corrected chi connectivity index (χ0v) is 71.2. The number of aryl methyl sites for hydroxylation is 4. The summed E-state index contributed by atoms with van der Waals surface area (Å²) in [5.74, 6) is 9.29. The van der Waals surface area contributed by atoms with Crippen molar-refractivity contribution in [3.63, 3.8) is 0 Å². The molecular weight excluding hydrogens is 1590 g/mol. The van der Waals surface area contributed by atoms with Crippen molar-refractivity contribution < 1.29 is 4.39 Å². The van der Waals surface area contributed by atoms with Gasteiger partial charge in [0, 0.05) is 99.5 Å². The number of hydrogen-bond acceptors (Lipinski definition) is 15. The van der Waals surface area contributed by atoms with Crippen LogP contribution in [0, 0.1) is 84.9 Å². The van der Waals surface area contributed by atoms with E-state index in [4.69, 9.17) is 125 Å². The van der Waals surface area contributed by atoms with Gasteiger partial charge in [0.05, 0.1) is 69.1 Å². The average Bonchev–Trinajstić information content (AvgIpc) is 1.45. The lowest BCUT2D eigenvalue weighted by Crippen LogP contribution is -2.63. The molecule has 9 aliphatic rings. The lowest BCUT2D eigenvalue weighted by atomic mass is 9.38. The van der Waals surface area contributed by atoms with E-state index >= 15 is 0 Å². The molecule has 9 fully saturated rings. The minimum Gasteiger partial charge on any atom is -0.356 e. The van der Waals surface area contributed by atoms with Crippen LogP contribution in [0.4, 0.5) is 27.7 Å². The summed E-state index contributed by atoms with van der Waals surface area (Å²) in [5, 5.41) is 3.03. The molecule has 19 nitrogen and oxygen atoms in total. The number of piperidine rings is 1. The molecule has 10 atom stereocenters. The van der Waals surface area contributed by atoms with Crippen LogP contribution in [-0.2, 0) is 0 Å². The van der Waals surface area contributed by atoms with Gasteiger partial charge in [-0.2, -0.15) is 0 Å². The molecule has 4 aromatic heterocycles. The minimum absolute atomic E-state index is 0.124. The molecule has 7 unspecified atom stereocenters. The first-order valence-electron chi connectivity index (χ1n) is 39.2. The molecule has 28 heteroatoms. The van der Waals surface area contributed by atoms with Gasteiger partial charge < -0.3 is 36.8 Å². The molecule has 4 aliphatic heterocycles. The normalized spacial score (nSPS) is 25.6. The summed E-state index contributed by atoms with van der Waals surface area (Å²) in [5.41, 5.74) is 21.1. The fourth-order valence-electron chi connectivity index (χ4n) is 20.6. The van der Waals surface area contributed by atoms with Crippen LogP contribution >= 0.6 is 92.8 Å². The van der Waals surface area contributed by atoms with E-state index in [-0.39, 0.29) is 33.1 Å². The lowest BCUT2D eigenvalue weighted by Gasteiger charge is -2.66. The fourth-order valence-corrected chi connectivity index (χ4v) is 22.1. The smallest absolute Gasteiger partial charge is 0.260 e. The minimum atomic E-state index is -0.928. The SMILES string of the molecule is Cc1nc(N2CC3CC(C)C[C@]3(CN)C2)cc(=O)n1-c1cccc(Cl)c1Cl.Cc1nc(N2CC3CC4CC(C4(C)C)C3(CN)C2)cc(=O)n1-c1cccc(Cl)c1Cl.Cc1nc(N2CCC3(CCC[C@@H]3C)CC2)cc(=O)n1-c1cccc(Cl)c1Cl.Cc1nc(N2CCC[C@](N)(CC(C)F)CC2)cc(=O)n1-c1cccc(Cl)c1Cl. The Bertz CT molecular complexity index is 5110. The summed E-state index contributed by atoms with van der Waals surface area (Å²) >= 11 is 49.7. The second-order valence-corrected chi connectivity index (χ2v) is 36.8. The Hall–Kier alpha value is -6.27. The number of halogens is 9. The van der Waals surface area contributed by atoms with Crippen LogP contribution in [0.3, 0.4) is 0 Å². The number of benzene rings is 4. The zero-order valence-electron chi connectivity index (χ0n) is 65.2. The van der Waals surface area contributed by atoms with Gasteiger partial charge in [0.25, 0.3) is 22.2 Å². The molecule has 4 aromatic carbocycles. The summed E-state index contributed by atoms with van der Waals surface area (Å²) in [4.78, 5) is 79.4. The quantitative estimate of drug-likeness (QED) is 0.103. The van der Waals surface area contributed by atoms with Gasteiger partial charge in [-0.1, -0.05) is 158 Å². The number of rotatable bonds is 12. The van der Waals surface area contributed by atoms with Crippen molar-refractivity contribution in [2.24, 2.45) is 74.4 Å². The molecule has 17 rings (SSSR count). The third-order valence-corrected chi connectivity index (χ3v) is 29.8. The van der Waals surface area contributed by atoms with Crippen molar-refractivity contribution in [1.82, 2.24) is 38.2 Å². The Morgan fingerprint density at radius 3 is 1.27 bits per heavy atom. The van der Waals surface area contributed by atoms with Crippen LogP contribution in [0.1, 0.15) is 141 Å². The van der Waals surface area contributed by atoms with Crippen molar-refractivity contribution in [1.29, 1.82) is 0 Å². The molecule has 8 aromatic rings. The van der Waals surface area contributed by atoms with Crippen molar-refractivity contribution >= 4 is 116 Å². The highest BCUT2D eigenvalue weighted by molar-refractivity contribution is 6.44. The highest BCUT2D eigenvalue weighted by atomic mass is 35.5. The average molecular weight is 1690 g/mol. The molecular formula is C84H102Cl8FN15O4. The van der Waals surface area contributed by atoms with E-state index in [9.17, 15) is 23.6 Å². The Morgan fingerprint density at radius 2 is 0.893 bits per heavy atom. The van der Waals surface area contributed by atoms with Gasteiger partial charge in [-0.15, -0.1) is 0 Å². The first-order valence-corrected chi connectivity index (χ1v) is 42.2. The van der Waals surface area contributed by atoms with Gasteiger partial charge >= 0.3 is 0 Å². The molecule has 600 valence electrons. The van der Waals surface area contributed by atoms with E-state index in [0.717, 1.165) is 94.4 Å². The maximum Gasteiger partial charge on any atom is 0.260 e. The second-order valence-electron chi connectivity index (χ2n) is 33.7. The van der Waals surface area contributed by atoms with Gasteiger partial charge in [-0.05, 0) is 207 Å². The van der Waals surface area contributed by atoms with Crippen LogP contribution in [0.15, 0.2) is 116 Å². The molecule has 2 bridgehead atoms. The first kappa shape index (κ1) is 83.7. The number of nitrogens with zero attached hydrogens (tertiary/aromatic N) is 12. The monoisotopic (exact) mass is 1680 g/mol. The predicted octanol–water partition coefficient (Wildman–Crippen LogP) is 17.5. The molecule has 8 heterocycles. The summed E-state index contributed by atoms with van der Waals surface area (Å²) in [7, 11) is 0. The van der Waals surface area contributed by atoms with Crippen molar-refractivity contribution in [2.75, 3.05) is 85.0 Å². The van der Waals surface area contributed by atoms with Crippen LogP contribution in [-0.4, -0.2) is 115 Å². The van der Waals surface area contributed by atoms with E-state index in [0.29, 0.717) is 159 Å². The lowest BCUT2D eigenvalue weighted by molar-refractivity contribution is -0.167. The number of hydrogen-bond donors (Lipinski definition) is 3. The molecule has 5 saturated carbocycles. The second kappa shape index (κ2) is 33.4. The molecule has 4 saturated heterocycles. The molecule has 1 spiro atoms. The Labute approximate surface area is 695 Å². The number of nitrogens with two attached hydrogens (primary N) is 3. The van der Waals surface area contributed by atoms with Crippen LogP contribution < -0.4 is 59.0 Å². The van der Waals surface area contributed by atoms with Crippen LogP contribution in [0.2, 0.25) is 40.2 Å². The zero-order chi connectivity index (χ0) is 80.4. The molecule has 6 N–H and O–H groups in total. The van der Waals surface area contributed by atoms with Gasteiger partial charge in [0.2, 0.25) is 0 Å². The molecule has 5 aliphatic carbocycles. The van der Waals surface area contributed by atoms with Gasteiger partial charge in [-0.3, -0.25) is 37.4 Å². The number of anilines is 4. The van der Waals surface area contributed by atoms with Gasteiger partial charge in [-0.25, -0.2) is 24.3 Å². The van der Waals surface area contributed by atoms with E-state index < -0.39 is 11.7 Å². The first-order chi connectivity index (χ1) is 53.1. The summed E-state index contributed by atoms with van der Waals surface area (Å²) in [6.07, 6.45) is 13.0. The Kier molecular flexibility index (Phi) is 24.9. The fraction of sp³-hybridized carbons (Fsp3) is 0.524. The van der Waals surface area contributed by atoms with Gasteiger partial charge in [0.1, 0.15) is 46.6 Å². The topological polar surface area (TPSA) is 231 Å². The highest BCUT2D eigenvalue weighted by Gasteiger charge is 2.67. The Morgan fingerprint density at radius 1 is 0.491 bits per heavy atom. The van der Waals surface area contributed by atoms with E-state index in [1.54, 1.807) is 105 Å². The predicted molar refractivity (Wildman–Crippen MR) is 456 cm³/mol. The Balaban J connectivity index is 0.000000131. The maximum atomic E-state index is 13.5. The maximum absolute atomic E-state index is 13.5. The van der Waals surface area contributed by atoms with E-state index in [1.165, 1.54) is 75.7 Å². The van der Waals surface area contributed by atoms with E-state index in [1.807, 2.05) is 20.8 Å². The standard InChI is InChI=1S/C23H28Cl2N4O.C21H25Cl2N3O.C20H25Cl2FN4O.C20H24Cl2N4O/c1-13-27-19(9-20(30)29(13)17-6-4-5-16(24)21(17)25)28-10-15-7-14-8-18(22(14,2)3)23(15,11-26)12-28;1-14-5-4-8-21(14)9-11-25(12-10-21)18-13-19(27)26(15(2)24-18)17-7-3-6-16(22)20(17)23;1-13(23)12-20(24)7-4-9-26(10-8-20)17-11-18(28)27(14(2)25-17)16-6-3-5-15(21)19(16)22;1-12-6-14-9-25(11-20(14,8-12)10-23)17-7-18(27)26(13(2)24-17)16-5-3-4-15(21)19(16)22/h4-6,9,14-15,18H,7-8,10-12,26H2,1-3H3;3,6-7,13-14H,4-5,8-12H2,1-2H3;3,5-6,11,13H,4,7-10,12,24H2,1-2H3;3-5,7,12,14H,6,8-11,23H2,1-2H3/t;14-;13?,20-;12?,14?,20-/m.010/s1. The molecule has 112 heavy (non-hydrogen) atoms. The number of alkyl halides is 1. The number of fused-ring (bicyclic) bond motifs is 1. The summed E-state index contributed by atoms with van der Waals surface area (Å²) < 4.78 is 19.5. The third kappa shape index (κ3) is 16.2.